The summed E-state index contributed by atoms with van der Waals surface area (Å²) in [5.74, 6) is 2.63. The van der Waals surface area contributed by atoms with Gasteiger partial charge in [0.15, 0.2) is 11.5 Å². The molecular formula is C15H18N2O4. The van der Waals surface area contributed by atoms with E-state index in [4.69, 9.17) is 24.7 Å². The zero-order valence-electron chi connectivity index (χ0n) is 12.3. The van der Waals surface area contributed by atoms with Crippen LogP contribution in [-0.4, -0.2) is 26.3 Å². The molecule has 0 saturated heterocycles. The van der Waals surface area contributed by atoms with Crippen molar-refractivity contribution in [3.8, 4) is 23.0 Å². The molecule has 6 heteroatoms. The van der Waals surface area contributed by atoms with Crippen LogP contribution in [0.4, 0.5) is 5.82 Å². The number of anilines is 1. The highest BCUT2D eigenvalue weighted by Crippen LogP contribution is 2.40. The summed E-state index contributed by atoms with van der Waals surface area (Å²) in [4.78, 5) is 4.01. The zero-order chi connectivity index (χ0) is 15.2. The molecule has 1 heterocycles. The number of nitrogens with two attached hydrogens (primary N) is 1. The molecule has 0 saturated carbocycles. The average Bonchev–Trinajstić information content (AvgIpc) is 2.52. The van der Waals surface area contributed by atoms with Gasteiger partial charge in [-0.1, -0.05) is 6.07 Å². The molecule has 2 N–H and O–H groups in total. The Morgan fingerprint density at radius 1 is 1.05 bits per heavy atom. The lowest BCUT2D eigenvalue weighted by Gasteiger charge is -2.15. The van der Waals surface area contributed by atoms with Gasteiger partial charge in [-0.2, -0.15) is 0 Å². The molecular weight excluding hydrogens is 272 g/mol. The maximum atomic E-state index is 5.78. The quantitative estimate of drug-likeness (QED) is 0.879. The van der Waals surface area contributed by atoms with Gasteiger partial charge < -0.3 is 24.7 Å². The van der Waals surface area contributed by atoms with Gasteiger partial charge in [0, 0.05) is 23.9 Å². The normalized spacial score (nSPS) is 10.0. The molecule has 0 aliphatic rings. The second kappa shape index (κ2) is 6.69. The second-order valence-corrected chi connectivity index (χ2v) is 4.20. The Kier molecular flexibility index (Phi) is 4.71. The molecule has 0 spiro atoms. The van der Waals surface area contributed by atoms with Crippen molar-refractivity contribution in [2.45, 2.75) is 6.61 Å². The van der Waals surface area contributed by atoms with Crippen molar-refractivity contribution < 1.29 is 18.9 Å². The van der Waals surface area contributed by atoms with Crippen molar-refractivity contribution in [2.75, 3.05) is 27.1 Å². The van der Waals surface area contributed by atoms with Crippen LogP contribution in [0, 0.1) is 0 Å². The minimum absolute atomic E-state index is 0.304. The standard InChI is InChI=1S/C15H18N2O4/c1-18-12-7-11(8-13(19-2)14(12)20-3)21-9-10-5-4-6-17-15(10)16/h4-8H,9H2,1-3H3,(H2,16,17). The summed E-state index contributed by atoms with van der Waals surface area (Å²) in [6.07, 6.45) is 1.64. The van der Waals surface area contributed by atoms with Crippen LogP contribution in [-0.2, 0) is 6.61 Å². The summed E-state index contributed by atoms with van der Waals surface area (Å²) in [7, 11) is 4.66. The molecule has 1 aromatic carbocycles. The summed E-state index contributed by atoms with van der Waals surface area (Å²) < 4.78 is 21.5. The first-order valence-electron chi connectivity index (χ1n) is 6.31. The molecule has 6 nitrogen and oxygen atoms in total. The Hall–Kier alpha value is -2.63. The van der Waals surface area contributed by atoms with Crippen LogP contribution in [0.3, 0.4) is 0 Å². The van der Waals surface area contributed by atoms with E-state index in [0.717, 1.165) is 5.56 Å². The third kappa shape index (κ3) is 3.28. The van der Waals surface area contributed by atoms with Crippen LogP contribution < -0.4 is 24.7 Å². The number of rotatable bonds is 6. The van der Waals surface area contributed by atoms with Gasteiger partial charge in [0.25, 0.3) is 0 Å². The van der Waals surface area contributed by atoms with Crippen molar-refractivity contribution in [2.24, 2.45) is 0 Å². The van der Waals surface area contributed by atoms with Gasteiger partial charge in [0.05, 0.1) is 21.3 Å². The maximum Gasteiger partial charge on any atom is 0.203 e. The average molecular weight is 290 g/mol. The Bertz CT molecular complexity index is 591. The van der Waals surface area contributed by atoms with E-state index >= 15 is 0 Å². The highest BCUT2D eigenvalue weighted by Gasteiger charge is 2.14. The van der Waals surface area contributed by atoms with Crippen molar-refractivity contribution in [1.29, 1.82) is 0 Å². The largest absolute Gasteiger partial charge is 0.493 e. The van der Waals surface area contributed by atoms with Gasteiger partial charge in [-0.15, -0.1) is 0 Å². The predicted molar refractivity (Wildman–Crippen MR) is 79.1 cm³/mol. The molecule has 0 aliphatic carbocycles. The monoisotopic (exact) mass is 290 g/mol. The number of ether oxygens (including phenoxy) is 4. The van der Waals surface area contributed by atoms with Crippen LogP contribution in [0.25, 0.3) is 0 Å². The lowest BCUT2D eigenvalue weighted by atomic mass is 10.2. The van der Waals surface area contributed by atoms with E-state index in [1.807, 2.05) is 12.1 Å². The Balaban J connectivity index is 2.22. The Labute approximate surface area is 123 Å². The number of hydrogen-bond donors (Lipinski definition) is 1. The second-order valence-electron chi connectivity index (χ2n) is 4.20. The van der Waals surface area contributed by atoms with Gasteiger partial charge in [0.1, 0.15) is 18.2 Å². The molecule has 0 unspecified atom stereocenters. The molecule has 2 rings (SSSR count). The molecule has 0 aliphatic heterocycles. The third-order valence-electron chi connectivity index (χ3n) is 2.96. The zero-order valence-corrected chi connectivity index (χ0v) is 12.3. The highest BCUT2D eigenvalue weighted by atomic mass is 16.5. The molecule has 0 fully saturated rings. The van der Waals surface area contributed by atoms with E-state index in [-0.39, 0.29) is 0 Å². The highest BCUT2D eigenvalue weighted by molar-refractivity contribution is 5.56. The minimum atomic E-state index is 0.304. The van der Waals surface area contributed by atoms with E-state index in [1.165, 1.54) is 0 Å². The van der Waals surface area contributed by atoms with Crippen molar-refractivity contribution in [3.63, 3.8) is 0 Å². The topological polar surface area (TPSA) is 75.8 Å². The van der Waals surface area contributed by atoms with Crippen LogP contribution in [0.2, 0.25) is 0 Å². The summed E-state index contributed by atoms with van der Waals surface area (Å²) >= 11 is 0. The minimum Gasteiger partial charge on any atom is -0.493 e. The number of aromatic nitrogens is 1. The number of benzene rings is 1. The predicted octanol–water partition coefficient (Wildman–Crippen LogP) is 2.27. The van der Waals surface area contributed by atoms with Crippen molar-refractivity contribution >= 4 is 5.82 Å². The first-order valence-corrected chi connectivity index (χ1v) is 6.31. The molecule has 1 aromatic heterocycles. The molecule has 0 amide bonds. The summed E-state index contributed by atoms with van der Waals surface area (Å²) in [6.45, 7) is 0.304. The number of hydrogen-bond acceptors (Lipinski definition) is 6. The van der Waals surface area contributed by atoms with Gasteiger partial charge in [0.2, 0.25) is 5.75 Å². The molecule has 0 atom stereocenters. The van der Waals surface area contributed by atoms with Crippen LogP contribution in [0.1, 0.15) is 5.56 Å². The number of pyridine rings is 1. The maximum absolute atomic E-state index is 5.78. The smallest absolute Gasteiger partial charge is 0.203 e. The third-order valence-corrected chi connectivity index (χ3v) is 2.96. The van der Waals surface area contributed by atoms with E-state index in [0.29, 0.717) is 35.4 Å². The fourth-order valence-corrected chi connectivity index (χ4v) is 1.87. The SMILES string of the molecule is COc1cc(OCc2cccnc2N)cc(OC)c1OC. The number of nitrogen functional groups attached to an aromatic ring is 1. The van der Waals surface area contributed by atoms with Gasteiger partial charge in [-0.05, 0) is 6.07 Å². The van der Waals surface area contributed by atoms with Crippen molar-refractivity contribution in [3.05, 3.63) is 36.0 Å². The van der Waals surface area contributed by atoms with E-state index < -0.39 is 0 Å². The Morgan fingerprint density at radius 3 is 2.24 bits per heavy atom. The fraction of sp³-hybridized carbons (Fsp3) is 0.267. The van der Waals surface area contributed by atoms with Crippen LogP contribution in [0.5, 0.6) is 23.0 Å². The first-order chi connectivity index (χ1) is 10.2. The van der Waals surface area contributed by atoms with E-state index in [2.05, 4.69) is 4.98 Å². The lowest BCUT2D eigenvalue weighted by Crippen LogP contribution is -2.02. The molecule has 112 valence electrons. The van der Waals surface area contributed by atoms with Gasteiger partial charge in [-0.3, -0.25) is 0 Å². The molecule has 21 heavy (non-hydrogen) atoms. The Morgan fingerprint density at radius 2 is 1.71 bits per heavy atom. The first kappa shape index (κ1) is 14.8. The number of methoxy groups -OCH3 is 3. The summed E-state index contributed by atoms with van der Waals surface area (Å²) in [6, 6.07) is 7.13. The van der Waals surface area contributed by atoms with Crippen molar-refractivity contribution in [1.82, 2.24) is 4.98 Å². The lowest BCUT2D eigenvalue weighted by molar-refractivity contribution is 0.291. The molecule has 0 radical (unpaired) electrons. The van der Waals surface area contributed by atoms with E-state index in [1.54, 1.807) is 39.7 Å². The van der Waals surface area contributed by atoms with Crippen LogP contribution >= 0.6 is 0 Å². The van der Waals surface area contributed by atoms with Gasteiger partial charge >= 0.3 is 0 Å². The van der Waals surface area contributed by atoms with Gasteiger partial charge in [-0.25, -0.2) is 4.98 Å². The molecule has 2 aromatic rings. The molecule has 0 bridgehead atoms. The fourth-order valence-electron chi connectivity index (χ4n) is 1.87. The summed E-state index contributed by atoms with van der Waals surface area (Å²) in [5, 5.41) is 0. The number of nitrogens with zero attached hydrogens (tertiary/aromatic N) is 1. The summed E-state index contributed by atoms with van der Waals surface area (Å²) in [5.41, 5.74) is 6.59. The van der Waals surface area contributed by atoms with Crippen LogP contribution in [0.15, 0.2) is 30.5 Å². The van der Waals surface area contributed by atoms with E-state index in [9.17, 15) is 0 Å².